The number of anilines is 1. The topological polar surface area (TPSA) is 111 Å². The average Bonchev–Trinajstić information content (AvgIpc) is 2.84. The van der Waals surface area contributed by atoms with E-state index in [2.05, 4.69) is 22.1 Å². The van der Waals surface area contributed by atoms with Gasteiger partial charge in [-0.25, -0.2) is 18.7 Å². The van der Waals surface area contributed by atoms with Gasteiger partial charge in [-0.05, 0) is 43.3 Å². The van der Waals surface area contributed by atoms with E-state index in [0.29, 0.717) is 38.3 Å². The van der Waals surface area contributed by atoms with Gasteiger partial charge in [-0.1, -0.05) is 30.0 Å². The number of sulfonamides is 1. The highest BCUT2D eigenvalue weighted by molar-refractivity contribution is 7.89. The number of rotatable bonds is 7. The molecule has 2 aromatic rings. The lowest BCUT2D eigenvalue weighted by Crippen LogP contribution is -2.52. The average molecular weight is 473 g/mol. The van der Waals surface area contributed by atoms with Crippen LogP contribution in [0.15, 0.2) is 54.6 Å². The van der Waals surface area contributed by atoms with Crippen LogP contribution in [-0.2, 0) is 10.0 Å². The van der Waals surface area contributed by atoms with Crippen molar-refractivity contribution in [2.75, 3.05) is 43.4 Å². The van der Waals surface area contributed by atoms with Gasteiger partial charge >= 0.3 is 6.03 Å². The molecule has 1 aliphatic heterocycles. The van der Waals surface area contributed by atoms with Crippen molar-refractivity contribution in [3.8, 4) is 17.6 Å². The SMILES string of the molecule is CCOc1ccc(N2CCN(S(=O)(=O)CC(C#Cc3ccccc3)NC(=O)NO)CC2)cc1. The van der Waals surface area contributed by atoms with Crippen LogP contribution in [0, 0.1) is 11.8 Å². The molecule has 2 aromatic carbocycles. The van der Waals surface area contributed by atoms with Gasteiger partial charge < -0.3 is 15.0 Å². The smallest absolute Gasteiger partial charge is 0.339 e. The van der Waals surface area contributed by atoms with Crippen molar-refractivity contribution in [3.63, 3.8) is 0 Å². The first-order valence-electron chi connectivity index (χ1n) is 10.6. The predicted molar refractivity (Wildman–Crippen MR) is 126 cm³/mol. The van der Waals surface area contributed by atoms with Gasteiger partial charge in [0.1, 0.15) is 11.8 Å². The minimum Gasteiger partial charge on any atom is -0.494 e. The quantitative estimate of drug-likeness (QED) is 0.321. The summed E-state index contributed by atoms with van der Waals surface area (Å²) in [5, 5.41) is 11.2. The Morgan fingerprint density at radius 1 is 1.09 bits per heavy atom. The molecular formula is C23H28N4O5S. The van der Waals surface area contributed by atoms with Crippen molar-refractivity contribution < 1.29 is 23.2 Å². The highest BCUT2D eigenvalue weighted by Gasteiger charge is 2.29. The van der Waals surface area contributed by atoms with Crippen LogP contribution in [0.5, 0.6) is 5.75 Å². The number of nitrogens with one attached hydrogen (secondary N) is 2. The number of carbonyl (C=O) groups excluding carboxylic acids is 1. The Hall–Kier alpha value is -3.26. The molecule has 2 amide bonds. The fourth-order valence-electron chi connectivity index (χ4n) is 3.46. The maximum absolute atomic E-state index is 13.0. The fourth-order valence-corrected chi connectivity index (χ4v) is 4.98. The molecule has 1 heterocycles. The van der Waals surface area contributed by atoms with Crippen LogP contribution < -0.4 is 20.4 Å². The van der Waals surface area contributed by atoms with E-state index in [9.17, 15) is 13.2 Å². The third-order valence-electron chi connectivity index (χ3n) is 5.09. The van der Waals surface area contributed by atoms with Gasteiger partial charge in [0.25, 0.3) is 0 Å². The van der Waals surface area contributed by atoms with E-state index in [0.717, 1.165) is 11.4 Å². The summed E-state index contributed by atoms with van der Waals surface area (Å²) in [4.78, 5) is 13.7. The van der Waals surface area contributed by atoms with Crippen LogP contribution in [-0.4, -0.2) is 68.5 Å². The normalized spacial score (nSPS) is 15.2. The van der Waals surface area contributed by atoms with Gasteiger partial charge in [-0.15, -0.1) is 0 Å². The van der Waals surface area contributed by atoms with E-state index in [1.807, 2.05) is 49.4 Å². The molecule has 10 heteroatoms. The summed E-state index contributed by atoms with van der Waals surface area (Å²) in [7, 11) is -3.70. The highest BCUT2D eigenvalue weighted by Crippen LogP contribution is 2.21. The van der Waals surface area contributed by atoms with Crippen molar-refractivity contribution in [2.45, 2.75) is 13.0 Å². The standard InChI is InChI=1S/C23H28N4O5S/c1-2-32-22-12-10-21(11-13-22)26-14-16-27(17-15-26)33(30,31)18-20(24-23(28)25-29)9-8-19-6-4-3-5-7-19/h3-7,10-13,20,29H,2,14-18H2,1H3,(H2,24,25,28). The summed E-state index contributed by atoms with van der Waals surface area (Å²) < 4.78 is 32.9. The van der Waals surface area contributed by atoms with Crippen LogP contribution in [0.25, 0.3) is 0 Å². The third-order valence-corrected chi connectivity index (χ3v) is 7.00. The van der Waals surface area contributed by atoms with E-state index >= 15 is 0 Å². The number of amides is 2. The summed E-state index contributed by atoms with van der Waals surface area (Å²) in [6, 6.07) is 14.8. The molecule has 0 spiro atoms. The number of hydrogen-bond acceptors (Lipinski definition) is 6. The van der Waals surface area contributed by atoms with Gasteiger partial charge in [0, 0.05) is 37.4 Å². The second-order valence-electron chi connectivity index (χ2n) is 7.36. The van der Waals surface area contributed by atoms with Crippen LogP contribution >= 0.6 is 0 Å². The van der Waals surface area contributed by atoms with Crippen molar-refractivity contribution in [1.82, 2.24) is 15.1 Å². The number of hydrogen-bond donors (Lipinski definition) is 3. The van der Waals surface area contributed by atoms with E-state index in [4.69, 9.17) is 9.94 Å². The minimum atomic E-state index is -3.70. The molecule has 1 atom stereocenters. The molecule has 1 unspecified atom stereocenters. The first kappa shape index (κ1) is 24.4. The number of benzene rings is 2. The van der Waals surface area contributed by atoms with E-state index in [1.165, 1.54) is 9.79 Å². The largest absolute Gasteiger partial charge is 0.494 e. The Labute approximate surface area is 194 Å². The lowest BCUT2D eigenvalue weighted by atomic mass is 10.2. The number of nitrogens with zero attached hydrogens (tertiary/aromatic N) is 2. The lowest BCUT2D eigenvalue weighted by molar-refractivity contribution is 0.161. The van der Waals surface area contributed by atoms with Gasteiger partial charge in [-0.3, -0.25) is 5.21 Å². The van der Waals surface area contributed by atoms with Crippen molar-refractivity contribution in [3.05, 3.63) is 60.2 Å². The maximum Gasteiger partial charge on any atom is 0.339 e. The zero-order valence-corrected chi connectivity index (χ0v) is 19.2. The molecule has 176 valence electrons. The molecule has 1 saturated heterocycles. The lowest BCUT2D eigenvalue weighted by Gasteiger charge is -2.35. The predicted octanol–water partition coefficient (Wildman–Crippen LogP) is 1.65. The highest BCUT2D eigenvalue weighted by atomic mass is 32.2. The monoisotopic (exact) mass is 472 g/mol. The molecule has 0 radical (unpaired) electrons. The summed E-state index contributed by atoms with van der Waals surface area (Å²) in [6.45, 7) is 4.25. The van der Waals surface area contributed by atoms with Crippen molar-refractivity contribution in [1.29, 1.82) is 0 Å². The van der Waals surface area contributed by atoms with E-state index < -0.39 is 27.8 Å². The van der Waals surface area contributed by atoms with Crippen LogP contribution in [0.2, 0.25) is 0 Å². The molecule has 0 saturated carbocycles. The third kappa shape index (κ3) is 7.12. The Balaban J connectivity index is 1.64. The van der Waals surface area contributed by atoms with Gasteiger partial charge in [0.15, 0.2) is 0 Å². The Kier molecular flexibility index (Phi) is 8.54. The molecule has 0 aromatic heterocycles. The van der Waals surface area contributed by atoms with Crippen molar-refractivity contribution in [2.24, 2.45) is 0 Å². The zero-order chi connectivity index (χ0) is 23.7. The summed E-state index contributed by atoms with van der Waals surface area (Å²) in [5.41, 5.74) is 3.15. The summed E-state index contributed by atoms with van der Waals surface area (Å²) in [5.74, 6) is 6.05. The molecule has 0 bridgehead atoms. The maximum atomic E-state index is 13.0. The molecule has 0 aliphatic carbocycles. The molecule has 33 heavy (non-hydrogen) atoms. The van der Waals surface area contributed by atoms with Gasteiger partial charge in [-0.2, -0.15) is 4.31 Å². The second kappa shape index (κ2) is 11.6. The molecule has 9 nitrogen and oxygen atoms in total. The number of ether oxygens (including phenoxy) is 1. The molecule has 1 fully saturated rings. The Morgan fingerprint density at radius 3 is 2.36 bits per heavy atom. The summed E-state index contributed by atoms with van der Waals surface area (Å²) >= 11 is 0. The van der Waals surface area contributed by atoms with Gasteiger partial charge in [0.05, 0.1) is 12.4 Å². The van der Waals surface area contributed by atoms with Gasteiger partial charge in [0.2, 0.25) is 10.0 Å². The number of piperazine rings is 1. The minimum absolute atomic E-state index is 0.320. The fraction of sp³-hybridized carbons (Fsp3) is 0.348. The van der Waals surface area contributed by atoms with Crippen LogP contribution in [0.3, 0.4) is 0 Å². The Morgan fingerprint density at radius 2 is 1.76 bits per heavy atom. The molecule has 1 aliphatic rings. The van der Waals surface area contributed by atoms with E-state index in [1.54, 1.807) is 12.1 Å². The zero-order valence-electron chi connectivity index (χ0n) is 18.4. The van der Waals surface area contributed by atoms with Crippen LogP contribution in [0.4, 0.5) is 10.5 Å². The number of hydroxylamine groups is 1. The van der Waals surface area contributed by atoms with Crippen molar-refractivity contribution >= 4 is 21.7 Å². The first-order chi connectivity index (χ1) is 15.9. The Bertz CT molecular complexity index is 1070. The van der Waals surface area contributed by atoms with Crippen LogP contribution in [0.1, 0.15) is 12.5 Å². The first-order valence-corrected chi connectivity index (χ1v) is 12.2. The van der Waals surface area contributed by atoms with E-state index in [-0.39, 0.29) is 0 Å². The molecular weight excluding hydrogens is 444 g/mol. The number of carbonyl (C=O) groups is 1. The second-order valence-corrected chi connectivity index (χ2v) is 9.38. The summed E-state index contributed by atoms with van der Waals surface area (Å²) in [6.07, 6.45) is 0. The molecule has 3 rings (SSSR count). The molecule has 3 N–H and O–H groups in total. The number of urea groups is 1.